The van der Waals surface area contributed by atoms with E-state index in [1.165, 1.54) is 18.2 Å². The summed E-state index contributed by atoms with van der Waals surface area (Å²) in [4.78, 5) is 9.28. The number of rotatable bonds is 5. The Kier molecular flexibility index (Phi) is 12.4. The number of carbonyl (C=O) groups is 1. The molecule has 0 aromatic heterocycles. The number of azo groups is 1. The number of fused-ring (bicyclic) bond motifs is 1. The van der Waals surface area contributed by atoms with Crippen LogP contribution in [-0.2, 0) is 20.2 Å². The Hall–Kier alpha value is -0.590. The Morgan fingerprint density at radius 1 is 0.971 bits per heavy atom. The smallest absolute Gasteiger partial charge is 0.870 e. The van der Waals surface area contributed by atoms with Crippen molar-refractivity contribution in [1.29, 1.82) is 0 Å². The van der Waals surface area contributed by atoms with E-state index in [4.69, 9.17) is 5.73 Å². The first-order valence-electron chi connectivity index (χ1n) is 8.03. The van der Waals surface area contributed by atoms with Crippen molar-refractivity contribution in [2.75, 3.05) is 5.73 Å². The standard InChI is InChI=1S/C17H13N3O9S2.3Na/c18-11-7-9(30(24,25)26)5-8-6-13(31(27,28)29)15(16(21)14(8)11)20-19-12-4-2-1-3-10(12)17(22)23;;;/h1-7,21H,18H2,(H,22,23)(H,24,25,26)(H,27,28,29);;;/q;3*+1/p-3. The molecule has 3 aromatic rings. The second kappa shape index (κ2) is 12.6. The number of carboxylic acids is 1. The van der Waals surface area contributed by atoms with Gasteiger partial charge in [0.25, 0.3) is 10.1 Å². The number of carboxylic acid groups (broad SMARTS) is 1. The molecule has 0 aliphatic rings. The van der Waals surface area contributed by atoms with E-state index in [9.17, 15) is 40.9 Å². The number of hydrogen-bond donors (Lipinski definition) is 2. The predicted molar refractivity (Wildman–Crippen MR) is 101 cm³/mol. The number of nitrogen functional groups attached to an aromatic ring is 1. The van der Waals surface area contributed by atoms with Gasteiger partial charge >= 0.3 is 88.7 Å². The second-order valence-corrected chi connectivity index (χ2v) is 8.87. The summed E-state index contributed by atoms with van der Waals surface area (Å²) in [5.41, 5.74) is 3.62. The van der Waals surface area contributed by atoms with Crippen LogP contribution in [0.4, 0.5) is 17.1 Å². The first kappa shape index (κ1) is 33.4. The molecule has 0 saturated carbocycles. The van der Waals surface area contributed by atoms with Crippen molar-refractivity contribution in [3.63, 3.8) is 0 Å². The molecule has 0 bridgehead atoms. The van der Waals surface area contributed by atoms with E-state index in [1.54, 1.807) is 0 Å². The van der Waals surface area contributed by atoms with Crippen LogP contribution >= 0.6 is 0 Å². The number of aromatic carboxylic acids is 1. The van der Waals surface area contributed by atoms with Gasteiger partial charge in [0.1, 0.15) is 15.0 Å². The monoisotopic (exact) mass is 533 g/mol. The van der Waals surface area contributed by atoms with Crippen molar-refractivity contribution < 1.29 is 130 Å². The molecule has 0 saturated heterocycles. The van der Waals surface area contributed by atoms with Crippen molar-refractivity contribution in [3.05, 3.63) is 48.0 Å². The average Bonchev–Trinajstić information content (AvgIpc) is 2.65. The SMILES string of the molecule is Nc1cc(S(=O)(=O)[O-])cc2cc(S(=O)(=O)O)c(N=Nc3ccccc3C(=O)[O-])c([O-])c12.[Na+].[Na+].[Na+]. The van der Waals surface area contributed by atoms with Crippen molar-refractivity contribution in [1.82, 2.24) is 0 Å². The van der Waals surface area contributed by atoms with Crippen LogP contribution in [0.1, 0.15) is 10.4 Å². The minimum absolute atomic E-state index is 0. The third-order valence-electron chi connectivity index (χ3n) is 4.08. The summed E-state index contributed by atoms with van der Waals surface area (Å²) >= 11 is 0. The van der Waals surface area contributed by atoms with Gasteiger partial charge in [-0.25, -0.2) is 8.42 Å². The quantitative estimate of drug-likeness (QED) is 0.136. The minimum atomic E-state index is -5.09. The van der Waals surface area contributed by atoms with Crippen LogP contribution in [0.5, 0.6) is 5.75 Å². The Labute approximate surface area is 260 Å². The normalized spacial score (nSPS) is 11.4. The van der Waals surface area contributed by atoms with Crippen molar-refractivity contribution >= 4 is 54.0 Å². The molecule has 0 aliphatic heterocycles. The van der Waals surface area contributed by atoms with Gasteiger partial charge in [-0.05, 0) is 35.0 Å². The largest absolute Gasteiger partial charge is 1.00 e. The predicted octanol–water partition coefficient (Wildman–Crippen LogP) is -8.56. The fourth-order valence-electron chi connectivity index (χ4n) is 2.75. The number of anilines is 1. The summed E-state index contributed by atoms with van der Waals surface area (Å²) in [6, 6.07) is 7.22. The molecular weight excluding hydrogens is 523 g/mol. The molecular formula is C17H10N3Na3O9S2. The van der Waals surface area contributed by atoms with Crippen LogP contribution in [0.3, 0.4) is 0 Å². The van der Waals surface area contributed by atoms with Gasteiger partial charge < -0.3 is 25.3 Å². The Bertz CT molecular complexity index is 1500. The van der Waals surface area contributed by atoms with Crippen molar-refractivity contribution in [2.45, 2.75) is 9.79 Å². The van der Waals surface area contributed by atoms with E-state index in [1.807, 2.05) is 0 Å². The van der Waals surface area contributed by atoms with Crippen LogP contribution in [0.25, 0.3) is 10.8 Å². The van der Waals surface area contributed by atoms with E-state index in [-0.39, 0.29) is 105 Å². The fourth-order valence-corrected chi connectivity index (χ4v) is 3.94. The van der Waals surface area contributed by atoms with E-state index in [0.717, 1.165) is 12.1 Å². The molecule has 0 amide bonds. The second-order valence-electron chi connectivity index (χ2n) is 6.10. The summed E-state index contributed by atoms with van der Waals surface area (Å²) in [6.07, 6.45) is 0. The Morgan fingerprint density at radius 2 is 1.56 bits per heavy atom. The number of benzene rings is 3. The molecule has 0 atom stereocenters. The Morgan fingerprint density at radius 3 is 2.09 bits per heavy atom. The van der Waals surface area contributed by atoms with E-state index in [2.05, 4.69) is 10.2 Å². The molecule has 0 spiro atoms. The summed E-state index contributed by atoms with van der Waals surface area (Å²) in [5.74, 6) is -2.77. The van der Waals surface area contributed by atoms with E-state index >= 15 is 0 Å². The number of hydrogen-bond acceptors (Lipinski definition) is 11. The molecule has 0 aliphatic carbocycles. The number of nitrogens with two attached hydrogens (primary N) is 1. The van der Waals surface area contributed by atoms with Gasteiger partial charge in [-0.2, -0.15) is 8.42 Å². The van der Waals surface area contributed by atoms with Crippen LogP contribution in [0.15, 0.2) is 62.5 Å². The molecule has 162 valence electrons. The molecule has 12 nitrogen and oxygen atoms in total. The van der Waals surface area contributed by atoms with Crippen LogP contribution in [0.2, 0.25) is 0 Å². The molecule has 0 unspecified atom stereocenters. The molecule has 0 radical (unpaired) electrons. The van der Waals surface area contributed by atoms with Crippen LogP contribution < -0.4 is 105 Å². The van der Waals surface area contributed by atoms with Gasteiger partial charge in [-0.15, -0.1) is 10.2 Å². The van der Waals surface area contributed by atoms with Gasteiger partial charge in [0.15, 0.2) is 0 Å². The molecule has 17 heteroatoms. The van der Waals surface area contributed by atoms with E-state index < -0.39 is 58.7 Å². The molecule has 3 rings (SSSR count). The summed E-state index contributed by atoms with van der Waals surface area (Å²) in [7, 11) is -10.1. The van der Waals surface area contributed by atoms with Gasteiger partial charge in [0, 0.05) is 11.3 Å². The maximum absolute atomic E-state index is 12.9. The maximum Gasteiger partial charge on any atom is 1.00 e. The Balaban J connectivity index is 0.00000363. The van der Waals surface area contributed by atoms with Crippen LogP contribution in [0, 0.1) is 0 Å². The van der Waals surface area contributed by atoms with Gasteiger partial charge in [-0.3, -0.25) is 4.55 Å². The molecule has 0 fully saturated rings. The zero-order valence-corrected chi connectivity index (χ0v) is 25.7. The zero-order valence-electron chi connectivity index (χ0n) is 18.0. The summed E-state index contributed by atoms with van der Waals surface area (Å²) < 4.78 is 66.9. The molecule has 0 heterocycles. The number of carbonyl (C=O) groups excluding carboxylic acids is 1. The molecule has 34 heavy (non-hydrogen) atoms. The zero-order chi connectivity index (χ0) is 23.1. The van der Waals surface area contributed by atoms with Crippen molar-refractivity contribution in [2.24, 2.45) is 10.2 Å². The van der Waals surface area contributed by atoms with Gasteiger partial charge in [0.2, 0.25) is 0 Å². The third-order valence-corrected chi connectivity index (χ3v) is 5.76. The molecule has 3 N–H and O–H groups in total. The van der Waals surface area contributed by atoms with Gasteiger partial charge in [0.05, 0.1) is 22.2 Å². The maximum atomic E-state index is 12.9. The van der Waals surface area contributed by atoms with Crippen molar-refractivity contribution in [3.8, 4) is 5.75 Å². The minimum Gasteiger partial charge on any atom is -0.870 e. The van der Waals surface area contributed by atoms with Crippen LogP contribution in [-0.4, -0.2) is 31.9 Å². The number of nitrogens with zero attached hydrogens (tertiary/aromatic N) is 2. The fraction of sp³-hybridized carbons (Fsp3) is 0. The topological polar surface area (TPSA) is 226 Å². The molecule has 3 aromatic carbocycles. The summed E-state index contributed by atoms with van der Waals surface area (Å²) in [6.45, 7) is 0. The third kappa shape index (κ3) is 7.22. The van der Waals surface area contributed by atoms with Gasteiger partial charge in [-0.1, -0.05) is 23.9 Å². The first-order valence-corrected chi connectivity index (χ1v) is 10.9. The summed E-state index contributed by atoms with van der Waals surface area (Å²) in [5, 5.41) is 30.3. The first-order chi connectivity index (χ1) is 14.3. The van der Waals surface area contributed by atoms with E-state index in [0.29, 0.717) is 12.1 Å². The average molecular weight is 533 g/mol.